The lowest BCUT2D eigenvalue weighted by Gasteiger charge is -2.11. The molecule has 0 bridgehead atoms. The van der Waals surface area contributed by atoms with Crippen molar-refractivity contribution in [3.05, 3.63) is 18.3 Å². The van der Waals surface area contributed by atoms with Gasteiger partial charge in [0, 0.05) is 31.0 Å². The van der Waals surface area contributed by atoms with Crippen molar-refractivity contribution in [1.29, 1.82) is 0 Å². The molecule has 1 aliphatic rings. The van der Waals surface area contributed by atoms with E-state index in [-0.39, 0.29) is 0 Å². The molecule has 0 aliphatic heterocycles. The van der Waals surface area contributed by atoms with Crippen molar-refractivity contribution >= 4 is 11.5 Å². The van der Waals surface area contributed by atoms with Crippen molar-refractivity contribution in [1.82, 2.24) is 4.98 Å². The summed E-state index contributed by atoms with van der Waals surface area (Å²) in [6, 6.07) is 4.15. The highest BCUT2D eigenvalue weighted by molar-refractivity contribution is 5.51. The largest absolute Gasteiger partial charge is 0.385 e. The van der Waals surface area contributed by atoms with E-state index in [4.69, 9.17) is 0 Å². The van der Waals surface area contributed by atoms with Gasteiger partial charge in [-0.05, 0) is 24.8 Å². The summed E-state index contributed by atoms with van der Waals surface area (Å²) in [6.45, 7) is 4.23. The maximum atomic E-state index is 4.31. The monoisotopic (exact) mass is 247 g/mol. The summed E-state index contributed by atoms with van der Waals surface area (Å²) in [5.41, 5.74) is 1.18. The SMILES string of the molecule is CCCNc1cc(NCCC2CCCC2)ccn1. The zero-order chi connectivity index (χ0) is 12.6. The summed E-state index contributed by atoms with van der Waals surface area (Å²) in [4.78, 5) is 4.31. The minimum atomic E-state index is 0.956. The lowest BCUT2D eigenvalue weighted by molar-refractivity contribution is 0.518. The quantitative estimate of drug-likeness (QED) is 0.767. The van der Waals surface area contributed by atoms with Crippen LogP contribution in [0.1, 0.15) is 45.4 Å². The number of hydrogen-bond acceptors (Lipinski definition) is 3. The Morgan fingerprint density at radius 3 is 2.83 bits per heavy atom. The molecule has 0 saturated heterocycles. The summed E-state index contributed by atoms with van der Waals surface area (Å²) in [5, 5.41) is 6.82. The average molecular weight is 247 g/mol. The van der Waals surface area contributed by atoms with E-state index in [1.54, 1.807) is 0 Å². The van der Waals surface area contributed by atoms with Gasteiger partial charge >= 0.3 is 0 Å². The molecule has 1 aromatic heterocycles. The number of anilines is 2. The number of nitrogens with one attached hydrogen (secondary N) is 2. The lowest BCUT2D eigenvalue weighted by atomic mass is 10.0. The van der Waals surface area contributed by atoms with Crippen LogP contribution >= 0.6 is 0 Å². The molecule has 0 spiro atoms. The van der Waals surface area contributed by atoms with Crippen LogP contribution in [0.4, 0.5) is 11.5 Å². The zero-order valence-electron chi connectivity index (χ0n) is 11.4. The molecule has 2 N–H and O–H groups in total. The van der Waals surface area contributed by atoms with E-state index < -0.39 is 0 Å². The highest BCUT2D eigenvalue weighted by atomic mass is 15.0. The minimum Gasteiger partial charge on any atom is -0.385 e. The minimum absolute atomic E-state index is 0.956. The van der Waals surface area contributed by atoms with E-state index in [9.17, 15) is 0 Å². The molecule has 1 aromatic rings. The molecule has 3 nitrogen and oxygen atoms in total. The van der Waals surface area contributed by atoms with Crippen LogP contribution in [0, 0.1) is 5.92 Å². The second kappa shape index (κ2) is 7.24. The van der Waals surface area contributed by atoms with Crippen molar-refractivity contribution in [3.63, 3.8) is 0 Å². The molecule has 2 rings (SSSR count). The summed E-state index contributed by atoms with van der Waals surface area (Å²) < 4.78 is 0. The zero-order valence-corrected chi connectivity index (χ0v) is 11.4. The molecule has 0 unspecified atom stereocenters. The number of nitrogens with zero attached hydrogens (tertiary/aromatic N) is 1. The molecule has 0 aromatic carbocycles. The van der Waals surface area contributed by atoms with Crippen LogP contribution in [-0.2, 0) is 0 Å². The van der Waals surface area contributed by atoms with Crippen molar-refractivity contribution in [3.8, 4) is 0 Å². The summed E-state index contributed by atoms with van der Waals surface area (Å²) in [6.07, 6.45) is 10.0. The fourth-order valence-corrected chi connectivity index (χ4v) is 2.61. The highest BCUT2D eigenvalue weighted by Gasteiger charge is 2.13. The predicted molar refractivity (Wildman–Crippen MR) is 78.1 cm³/mol. The second-order valence-corrected chi connectivity index (χ2v) is 5.22. The molecule has 0 amide bonds. The standard InChI is InChI=1S/C15H25N3/c1-2-9-17-15-12-14(8-11-18-15)16-10-7-13-5-3-4-6-13/h8,11-13H,2-7,9-10H2,1H3,(H2,16,17,18). The first-order valence-electron chi connectivity index (χ1n) is 7.32. The van der Waals surface area contributed by atoms with Gasteiger partial charge in [-0.15, -0.1) is 0 Å². The Balaban J connectivity index is 1.74. The van der Waals surface area contributed by atoms with E-state index in [0.717, 1.165) is 31.2 Å². The van der Waals surface area contributed by atoms with Gasteiger partial charge < -0.3 is 10.6 Å². The summed E-state index contributed by atoms with van der Waals surface area (Å²) in [5.74, 6) is 1.93. The van der Waals surface area contributed by atoms with Gasteiger partial charge in [0.25, 0.3) is 0 Å². The Kier molecular flexibility index (Phi) is 5.31. The Morgan fingerprint density at radius 1 is 1.22 bits per heavy atom. The van der Waals surface area contributed by atoms with Crippen LogP contribution in [0.15, 0.2) is 18.3 Å². The first-order chi connectivity index (χ1) is 8.88. The smallest absolute Gasteiger partial charge is 0.127 e. The third-order valence-electron chi connectivity index (χ3n) is 3.67. The van der Waals surface area contributed by atoms with Crippen molar-refractivity contribution in [2.75, 3.05) is 23.7 Å². The Hall–Kier alpha value is -1.25. The second-order valence-electron chi connectivity index (χ2n) is 5.22. The van der Waals surface area contributed by atoms with Crippen LogP contribution in [0.3, 0.4) is 0 Å². The van der Waals surface area contributed by atoms with Crippen molar-refractivity contribution in [2.45, 2.75) is 45.4 Å². The third-order valence-corrected chi connectivity index (χ3v) is 3.67. The van der Waals surface area contributed by atoms with Gasteiger partial charge in [0.15, 0.2) is 0 Å². The van der Waals surface area contributed by atoms with Crippen LogP contribution < -0.4 is 10.6 Å². The topological polar surface area (TPSA) is 37.0 Å². The van der Waals surface area contributed by atoms with Crippen LogP contribution in [0.5, 0.6) is 0 Å². The van der Waals surface area contributed by atoms with E-state index in [0.29, 0.717) is 0 Å². The van der Waals surface area contributed by atoms with Crippen LogP contribution in [0.25, 0.3) is 0 Å². The van der Waals surface area contributed by atoms with Crippen molar-refractivity contribution < 1.29 is 0 Å². The van der Waals surface area contributed by atoms with Gasteiger partial charge in [-0.25, -0.2) is 4.98 Å². The number of rotatable bonds is 7. The summed E-state index contributed by atoms with van der Waals surface area (Å²) >= 11 is 0. The van der Waals surface area contributed by atoms with Gasteiger partial charge in [0.05, 0.1) is 0 Å². The van der Waals surface area contributed by atoms with Crippen molar-refractivity contribution in [2.24, 2.45) is 5.92 Å². The summed E-state index contributed by atoms with van der Waals surface area (Å²) in [7, 11) is 0. The molecule has 100 valence electrons. The van der Waals surface area contributed by atoms with Crippen LogP contribution in [-0.4, -0.2) is 18.1 Å². The molecule has 1 aliphatic carbocycles. The van der Waals surface area contributed by atoms with E-state index in [1.165, 1.54) is 37.8 Å². The molecule has 1 saturated carbocycles. The Morgan fingerprint density at radius 2 is 2.06 bits per heavy atom. The number of hydrogen-bond donors (Lipinski definition) is 2. The molecule has 0 radical (unpaired) electrons. The van der Waals surface area contributed by atoms with Gasteiger partial charge in [0.1, 0.15) is 5.82 Å². The van der Waals surface area contributed by atoms with Gasteiger partial charge in [-0.3, -0.25) is 0 Å². The first kappa shape index (κ1) is 13.2. The fourth-order valence-electron chi connectivity index (χ4n) is 2.61. The van der Waals surface area contributed by atoms with E-state index in [2.05, 4.69) is 28.6 Å². The highest BCUT2D eigenvalue weighted by Crippen LogP contribution is 2.27. The molecule has 1 heterocycles. The van der Waals surface area contributed by atoms with Gasteiger partial charge in [-0.1, -0.05) is 32.6 Å². The number of pyridine rings is 1. The maximum absolute atomic E-state index is 4.31. The molecular formula is C15H25N3. The maximum Gasteiger partial charge on any atom is 0.127 e. The first-order valence-corrected chi connectivity index (χ1v) is 7.32. The van der Waals surface area contributed by atoms with Crippen LogP contribution in [0.2, 0.25) is 0 Å². The lowest BCUT2D eigenvalue weighted by Crippen LogP contribution is -2.07. The molecule has 0 atom stereocenters. The Labute approximate surface area is 110 Å². The number of aromatic nitrogens is 1. The normalized spacial score (nSPS) is 15.8. The van der Waals surface area contributed by atoms with Gasteiger partial charge in [0.2, 0.25) is 0 Å². The average Bonchev–Trinajstić information content (AvgIpc) is 2.90. The molecule has 3 heteroatoms. The Bertz CT molecular complexity index is 345. The van der Waals surface area contributed by atoms with E-state index in [1.807, 2.05) is 12.3 Å². The molecular weight excluding hydrogens is 222 g/mol. The molecule has 18 heavy (non-hydrogen) atoms. The molecule has 1 fully saturated rings. The predicted octanol–water partition coefficient (Wildman–Crippen LogP) is 3.90. The third kappa shape index (κ3) is 4.21. The fraction of sp³-hybridized carbons (Fsp3) is 0.667. The van der Waals surface area contributed by atoms with E-state index >= 15 is 0 Å². The van der Waals surface area contributed by atoms with Gasteiger partial charge in [-0.2, -0.15) is 0 Å².